The Bertz CT molecular complexity index is 2190. The van der Waals surface area contributed by atoms with Crippen LogP contribution in [0.3, 0.4) is 0 Å². The van der Waals surface area contributed by atoms with Crippen molar-refractivity contribution in [3.8, 4) is 0 Å². The Hall–Kier alpha value is -4.37. The van der Waals surface area contributed by atoms with Crippen molar-refractivity contribution in [2.24, 2.45) is 5.73 Å². The highest BCUT2D eigenvalue weighted by molar-refractivity contribution is 7.47. The SMILES string of the molecule is CC/C=C\C/C=C\C/C=C\C/C=C\C/C=C\C/C=C\C/C=C\C/C=C\C/C=C\CCCCCCCCCCCCCCCC(=O)OC(COC(=O)CCCCCCCCCCCCCCCCCCCCCCCCCC/C=C\C/C=C\C/C=C\C/C=C\CC)COP(=O)(O)OCCN. The van der Waals surface area contributed by atoms with E-state index in [2.05, 4.69) is 172 Å². The van der Waals surface area contributed by atoms with Gasteiger partial charge in [0.1, 0.15) is 6.61 Å². The molecule has 2 unspecified atom stereocenters. The van der Waals surface area contributed by atoms with Gasteiger partial charge in [-0.2, -0.15) is 0 Å². The van der Waals surface area contributed by atoms with Crippen molar-refractivity contribution in [2.75, 3.05) is 26.4 Å². The largest absolute Gasteiger partial charge is 0.472 e. The van der Waals surface area contributed by atoms with Gasteiger partial charge in [-0.05, 0) is 122 Å². The quantitative estimate of drug-likeness (QED) is 0.0264. The summed E-state index contributed by atoms with van der Waals surface area (Å²) in [6.45, 7) is 3.55. The van der Waals surface area contributed by atoms with E-state index in [1.165, 1.54) is 205 Å². The predicted molar refractivity (Wildman–Crippen MR) is 431 cm³/mol. The summed E-state index contributed by atoms with van der Waals surface area (Å²) >= 11 is 0. The maximum atomic E-state index is 12.8. The van der Waals surface area contributed by atoms with Crippen LogP contribution in [0.5, 0.6) is 0 Å². The number of hydrogen-bond donors (Lipinski definition) is 2. The minimum absolute atomic E-state index is 0.0494. The number of hydrogen-bond acceptors (Lipinski definition) is 8. The lowest BCUT2D eigenvalue weighted by Gasteiger charge is -2.19. The summed E-state index contributed by atoms with van der Waals surface area (Å²) < 4.78 is 33.3. The van der Waals surface area contributed by atoms with Crippen molar-refractivity contribution < 1.29 is 37.6 Å². The van der Waals surface area contributed by atoms with Gasteiger partial charge in [-0.3, -0.25) is 18.6 Å². The zero-order chi connectivity index (χ0) is 71.5. The van der Waals surface area contributed by atoms with Gasteiger partial charge in [-0.15, -0.1) is 0 Å². The predicted octanol–water partition coefficient (Wildman–Crippen LogP) is 27.9. The molecule has 99 heavy (non-hydrogen) atoms. The lowest BCUT2D eigenvalue weighted by molar-refractivity contribution is -0.161. The lowest BCUT2D eigenvalue weighted by atomic mass is 10.0. The van der Waals surface area contributed by atoms with Gasteiger partial charge < -0.3 is 20.1 Å². The topological polar surface area (TPSA) is 134 Å². The monoisotopic (exact) mass is 1390 g/mol. The summed E-state index contributed by atoms with van der Waals surface area (Å²) in [5.74, 6) is -0.820. The molecule has 566 valence electrons. The number of phosphoric ester groups is 1. The molecule has 9 nitrogen and oxygen atoms in total. The number of nitrogens with two attached hydrogens (primary N) is 1. The maximum Gasteiger partial charge on any atom is 0.472 e. The molecule has 0 aliphatic carbocycles. The summed E-state index contributed by atoms with van der Waals surface area (Å²) in [6.07, 6.45) is 121. The van der Waals surface area contributed by atoms with E-state index >= 15 is 0 Å². The first-order chi connectivity index (χ1) is 48.8. The molecule has 0 aliphatic rings. The number of allylic oxidation sites excluding steroid dienone is 26. The van der Waals surface area contributed by atoms with Gasteiger partial charge >= 0.3 is 19.8 Å². The second-order valence-electron chi connectivity index (χ2n) is 26.9. The van der Waals surface area contributed by atoms with E-state index in [1.807, 2.05) is 0 Å². The van der Waals surface area contributed by atoms with Crippen LogP contribution in [-0.4, -0.2) is 49.3 Å². The Balaban J connectivity index is 3.83. The minimum atomic E-state index is -4.40. The third-order valence-electron chi connectivity index (χ3n) is 17.4. The van der Waals surface area contributed by atoms with Crippen molar-refractivity contribution in [3.63, 3.8) is 0 Å². The average Bonchev–Trinajstić information content (AvgIpc) is 1.19. The van der Waals surface area contributed by atoms with Gasteiger partial charge in [-0.25, -0.2) is 4.57 Å². The first-order valence-corrected chi connectivity index (χ1v) is 42.5. The van der Waals surface area contributed by atoms with E-state index in [0.29, 0.717) is 6.42 Å². The van der Waals surface area contributed by atoms with Crippen LogP contribution in [0.25, 0.3) is 0 Å². The number of rotatable bonds is 76. The van der Waals surface area contributed by atoms with Gasteiger partial charge in [-0.1, -0.05) is 384 Å². The molecule has 0 heterocycles. The number of unbranched alkanes of at least 4 members (excludes halogenated alkanes) is 37. The van der Waals surface area contributed by atoms with Gasteiger partial charge in [0.2, 0.25) is 0 Å². The molecule has 0 radical (unpaired) electrons. The highest BCUT2D eigenvalue weighted by Gasteiger charge is 2.26. The summed E-state index contributed by atoms with van der Waals surface area (Å²) in [4.78, 5) is 35.5. The molecule has 10 heteroatoms. The van der Waals surface area contributed by atoms with Gasteiger partial charge in [0.05, 0.1) is 13.2 Å². The average molecular weight is 1400 g/mol. The molecule has 0 aromatic rings. The Kier molecular flexibility index (Phi) is 78.9. The van der Waals surface area contributed by atoms with Crippen LogP contribution in [0, 0.1) is 0 Å². The standard InChI is InChI=1S/C89H152NO8P/c1-3-5-7-9-11-13-15-17-19-21-23-25-27-29-31-33-35-37-39-41-42-43-44-46-48-50-52-54-56-58-60-62-64-66-68-70-72-74-76-78-80-82-89(92)98-87(86-97-99(93,94)96-84-83-90)85-95-88(91)81-79-77-75-73-71-69-67-65-63-61-59-57-55-53-51-49-47-45-40-38-36-34-32-30-28-26-24-22-20-18-16-14-12-10-8-6-4-2/h5-8,11-14,17-20,23-26,29,31,35,37,41-42,44,46,50,52,87H,3-4,9-10,15-16,21-22,27-28,30,32-34,36,38-40,43,45,47-49,51,53-86,90H2,1-2H3,(H,93,94)/b7-5-,8-6-,13-11-,14-12-,19-17-,20-18-,25-23-,26-24-,31-29-,37-35-,42-41-,46-44-,52-50-. The Morgan fingerprint density at radius 1 is 0.303 bits per heavy atom. The van der Waals surface area contributed by atoms with Crippen LogP contribution in [0.4, 0.5) is 0 Å². The number of carbonyl (C=O) groups is 2. The second-order valence-corrected chi connectivity index (χ2v) is 28.3. The van der Waals surface area contributed by atoms with Crippen molar-refractivity contribution >= 4 is 19.8 Å². The molecule has 0 aromatic carbocycles. The van der Waals surface area contributed by atoms with Crippen molar-refractivity contribution in [1.82, 2.24) is 0 Å². The zero-order valence-electron chi connectivity index (χ0n) is 63.9. The van der Waals surface area contributed by atoms with Crippen LogP contribution in [0.15, 0.2) is 158 Å². The Labute approximate surface area is 610 Å². The molecule has 0 saturated carbocycles. The van der Waals surface area contributed by atoms with Crippen LogP contribution >= 0.6 is 7.82 Å². The van der Waals surface area contributed by atoms with Gasteiger partial charge in [0.25, 0.3) is 0 Å². The lowest BCUT2D eigenvalue weighted by Crippen LogP contribution is -2.29. The summed E-state index contributed by atoms with van der Waals surface area (Å²) in [7, 11) is -4.40. The van der Waals surface area contributed by atoms with Crippen LogP contribution in [-0.2, 0) is 32.7 Å². The highest BCUT2D eigenvalue weighted by Crippen LogP contribution is 2.43. The molecule has 0 spiro atoms. The zero-order valence-corrected chi connectivity index (χ0v) is 64.8. The molecule has 3 N–H and O–H groups in total. The van der Waals surface area contributed by atoms with Crippen LogP contribution in [0.1, 0.15) is 361 Å². The smallest absolute Gasteiger partial charge is 0.462 e. The van der Waals surface area contributed by atoms with Crippen LogP contribution in [0.2, 0.25) is 0 Å². The molecule has 0 rings (SSSR count). The van der Waals surface area contributed by atoms with E-state index in [-0.39, 0.29) is 38.6 Å². The minimum Gasteiger partial charge on any atom is -0.462 e. The molecular weight excluding hydrogens is 1240 g/mol. The van der Waals surface area contributed by atoms with E-state index in [1.54, 1.807) is 0 Å². The van der Waals surface area contributed by atoms with Gasteiger partial charge in [0, 0.05) is 19.4 Å². The molecule has 0 saturated heterocycles. The number of phosphoric acid groups is 1. The molecule has 0 fully saturated rings. The fraction of sp³-hybridized carbons (Fsp3) is 0.685. The molecule has 0 aromatic heterocycles. The van der Waals surface area contributed by atoms with Crippen LogP contribution < -0.4 is 5.73 Å². The van der Waals surface area contributed by atoms with Crippen molar-refractivity contribution in [1.29, 1.82) is 0 Å². The molecular formula is C89H152NO8P. The normalized spacial score (nSPS) is 13.7. The third kappa shape index (κ3) is 82.5. The van der Waals surface area contributed by atoms with E-state index in [9.17, 15) is 19.0 Å². The summed E-state index contributed by atoms with van der Waals surface area (Å²) in [5.41, 5.74) is 5.42. The summed E-state index contributed by atoms with van der Waals surface area (Å²) in [5, 5.41) is 0. The Morgan fingerprint density at radius 2 is 0.525 bits per heavy atom. The first kappa shape index (κ1) is 94.6. The van der Waals surface area contributed by atoms with E-state index in [0.717, 1.165) is 122 Å². The fourth-order valence-electron chi connectivity index (χ4n) is 11.4. The molecule has 0 amide bonds. The second kappa shape index (κ2) is 82.6. The third-order valence-corrected chi connectivity index (χ3v) is 18.4. The number of esters is 2. The first-order valence-electron chi connectivity index (χ1n) is 41.0. The molecule has 0 aliphatic heterocycles. The summed E-state index contributed by atoms with van der Waals surface area (Å²) in [6, 6.07) is 0. The number of ether oxygens (including phenoxy) is 2. The van der Waals surface area contributed by atoms with E-state index in [4.69, 9.17) is 24.3 Å². The van der Waals surface area contributed by atoms with Crippen molar-refractivity contribution in [3.05, 3.63) is 158 Å². The maximum absolute atomic E-state index is 12.8. The van der Waals surface area contributed by atoms with E-state index < -0.39 is 26.5 Å². The fourth-order valence-corrected chi connectivity index (χ4v) is 12.2. The van der Waals surface area contributed by atoms with Crippen molar-refractivity contribution in [2.45, 2.75) is 367 Å². The molecule has 2 atom stereocenters. The molecule has 0 bridgehead atoms. The number of carbonyl (C=O) groups excluding carboxylic acids is 2. The Morgan fingerprint density at radius 3 is 0.778 bits per heavy atom. The highest BCUT2D eigenvalue weighted by atomic mass is 31.2. The van der Waals surface area contributed by atoms with Gasteiger partial charge in [0.15, 0.2) is 6.10 Å².